The van der Waals surface area contributed by atoms with Gasteiger partial charge in [0.25, 0.3) is 0 Å². The van der Waals surface area contributed by atoms with Gasteiger partial charge in [0.2, 0.25) is 5.91 Å². The molecule has 7 heteroatoms. The van der Waals surface area contributed by atoms with E-state index in [9.17, 15) is 14.7 Å². The fourth-order valence-corrected chi connectivity index (χ4v) is 3.36. The van der Waals surface area contributed by atoms with Crippen LogP contribution < -0.4 is 10.6 Å². The molecule has 1 amide bonds. The molecule has 0 unspecified atom stereocenters. The van der Waals surface area contributed by atoms with Gasteiger partial charge in [-0.15, -0.1) is 0 Å². The van der Waals surface area contributed by atoms with Gasteiger partial charge in [-0.05, 0) is 29.3 Å². The number of anilines is 2. The third-order valence-corrected chi connectivity index (χ3v) is 4.91. The van der Waals surface area contributed by atoms with E-state index >= 15 is 0 Å². The van der Waals surface area contributed by atoms with Crippen LogP contribution in [-0.2, 0) is 16.0 Å². The zero-order chi connectivity index (χ0) is 20.8. The zero-order valence-corrected chi connectivity index (χ0v) is 16.7. The van der Waals surface area contributed by atoms with Crippen molar-refractivity contribution in [2.45, 2.75) is 12.5 Å². The van der Waals surface area contributed by atoms with E-state index in [1.807, 2.05) is 6.07 Å². The maximum atomic E-state index is 12.6. The number of carbonyl (C=O) groups is 2. The zero-order valence-electron chi connectivity index (χ0n) is 15.2. The standard InChI is InChI=1S/C22H18Cl2N2O3/c23-16-10-6-11-17(24)21(16)25-18-12-5-4-9-15(18)13-19(27)26-20(22(28)29)14-7-2-1-3-8-14/h1-12,20,25H,13H2,(H,26,27)(H,28,29)/t20-/m1/s1. The summed E-state index contributed by atoms with van der Waals surface area (Å²) in [6, 6.07) is 19.8. The number of carbonyl (C=O) groups excluding carboxylic acids is 1. The largest absolute Gasteiger partial charge is 0.479 e. The van der Waals surface area contributed by atoms with Crippen molar-refractivity contribution in [3.05, 3.63) is 94.0 Å². The van der Waals surface area contributed by atoms with E-state index in [0.29, 0.717) is 32.5 Å². The van der Waals surface area contributed by atoms with E-state index in [4.69, 9.17) is 23.2 Å². The van der Waals surface area contributed by atoms with Crippen molar-refractivity contribution in [2.24, 2.45) is 0 Å². The Bertz CT molecular complexity index is 1010. The molecule has 29 heavy (non-hydrogen) atoms. The lowest BCUT2D eigenvalue weighted by Crippen LogP contribution is -2.34. The predicted molar refractivity (Wildman–Crippen MR) is 115 cm³/mol. The molecule has 0 bridgehead atoms. The van der Waals surface area contributed by atoms with Crippen LogP contribution >= 0.6 is 23.2 Å². The highest BCUT2D eigenvalue weighted by Gasteiger charge is 2.22. The number of amides is 1. The van der Waals surface area contributed by atoms with Crippen molar-refractivity contribution in [1.29, 1.82) is 0 Å². The first kappa shape index (κ1) is 20.7. The summed E-state index contributed by atoms with van der Waals surface area (Å²) < 4.78 is 0. The van der Waals surface area contributed by atoms with Gasteiger partial charge in [-0.2, -0.15) is 0 Å². The highest BCUT2D eigenvalue weighted by Crippen LogP contribution is 2.33. The first-order valence-corrected chi connectivity index (χ1v) is 9.57. The molecule has 1 atom stereocenters. The molecule has 0 saturated heterocycles. The quantitative estimate of drug-likeness (QED) is 0.481. The van der Waals surface area contributed by atoms with Crippen LogP contribution in [0, 0.1) is 0 Å². The Morgan fingerprint density at radius 2 is 1.48 bits per heavy atom. The predicted octanol–water partition coefficient (Wildman–Crippen LogP) is 5.22. The Kier molecular flexibility index (Phi) is 6.75. The summed E-state index contributed by atoms with van der Waals surface area (Å²) in [4.78, 5) is 24.2. The molecule has 0 fully saturated rings. The number of halogens is 2. The van der Waals surface area contributed by atoms with Crippen molar-refractivity contribution >= 4 is 46.5 Å². The van der Waals surface area contributed by atoms with Gasteiger partial charge in [0.15, 0.2) is 6.04 Å². The summed E-state index contributed by atoms with van der Waals surface area (Å²) in [5, 5.41) is 16.1. The van der Waals surface area contributed by atoms with E-state index in [1.165, 1.54) is 0 Å². The van der Waals surface area contributed by atoms with Crippen molar-refractivity contribution in [1.82, 2.24) is 5.32 Å². The van der Waals surface area contributed by atoms with Crippen molar-refractivity contribution in [3.63, 3.8) is 0 Å². The topological polar surface area (TPSA) is 78.4 Å². The number of nitrogens with one attached hydrogen (secondary N) is 2. The fourth-order valence-electron chi connectivity index (χ4n) is 2.87. The molecule has 0 saturated carbocycles. The van der Waals surface area contributed by atoms with Crippen LogP contribution in [-0.4, -0.2) is 17.0 Å². The molecule has 0 aliphatic rings. The van der Waals surface area contributed by atoms with Crippen LogP contribution in [0.15, 0.2) is 72.8 Å². The average molecular weight is 429 g/mol. The molecule has 0 aliphatic heterocycles. The Morgan fingerprint density at radius 3 is 2.14 bits per heavy atom. The van der Waals surface area contributed by atoms with Gasteiger partial charge in [0, 0.05) is 5.69 Å². The second kappa shape index (κ2) is 9.45. The van der Waals surface area contributed by atoms with Crippen LogP contribution in [0.25, 0.3) is 0 Å². The minimum Gasteiger partial charge on any atom is -0.479 e. The third-order valence-electron chi connectivity index (χ3n) is 4.28. The lowest BCUT2D eigenvalue weighted by molar-refractivity contribution is -0.141. The number of rotatable bonds is 7. The van der Waals surface area contributed by atoms with E-state index in [0.717, 1.165) is 0 Å². The first-order chi connectivity index (χ1) is 14.0. The van der Waals surface area contributed by atoms with Crippen molar-refractivity contribution < 1.29 is 14.7 Å². The molecule has 3 rings (SSSR count). The van der Waals surface area contributed by atoms with E-state index in [-0.39, 0.29) is 6.42 Å². The molecule has 0 aromatic heterocycles. The van der Waals surface area contributed by atoms with Crippen LogP contribution in [0.1, 0.15) is 17.2 Å². The van der Waals surface area contributed by atoms with Gasteiger partial charge < -0.3 is 15.7 Å². The lowest BCUT2D eigenvalue weighted by Gasteiger charge is -2.17. The Labute approximate surface area is 178 Å². The van der Waals surface area contributed by atoms with Crippen LogP contribution in [0.5, 0.6) is 0 Å². The second-order valence-electron chi connectivity index (χ2n) is 6.31. The van der Waals surface area contributed by atoms with Crippen LogP contribution in [0.3, 0.4) is 0 Å². The molecule has 0 aliphatic carbocycles. The summed E-state index contributed by atoms with van der Waals surface area (Å²) in [5.74, 6) is -1.54. The monoisotopic (exact) mass is 428 g/mol. The molecule has 3 aromatic rings. The maximum Gasteiger partial charge on any atom is 0.330 e. The minimum atomic E-state index is -1.13. The third kappa shape index (κ3) is 5.28. The highest BCUT2D eigenvalue weighted by molar-refractivity contribution is 6.39. The van der Waals surface area contributed by atoms with Gasteiger partial charge in [0.1, 0.15) is 0 Å². The minimum absolute atomic E-state index is 0.0120. The molecule has 0 spiro atoms. The van der Waals surface area contributed by atoms with Crippen molar-refractivity contribution in [2.75, 3.05) is 5.32 Å². The molecule has 0 heterocycles. The number of carboxylic acids is 1. The highest BCUT2D eigenvalue weighted by atomic mass is 35.5. The maximum absolute atomic E-state index is 12.6. The average Bonchev–Trinajstić information content (AvgIpc) is 2.70. The Balaban J connectivity index is 1.78. The lowest BCUT2D eigenvalue weighted by atomic mass is 10.1. The van der Waals surface area contributed by atoms with E-state index in [2.05, 4.69) is 10.6 Å². The summed E-state index contributed by atoms with van der Waals surface area (Å²) in [6.45, 7) is 0. The fraction of sp³-hybridized carbons (Fsp3) is 0.0909. The number of aliphatic carboxylic acids is 1. The van der Waals surface area contributed by atoms with Gasteiger partial charge in [-0.1, -0.05) is 77.8 Å². The molecular weight excluding hydrogens is 411 g/mol. The van der Waals surface area contributed by atoms with Crippen molar-refractivity contribution in [3.8, 4) is 0 Å². The molecular formula is C22H18Cl2N2O3. The molecule has 5 nitrogen and oxygen atoms in total. The summed E-state index contributed by atoms with van der Waals surface area (Å²) in [6.07, 6.45) is -0.0120. The SMILES string of the molecule is O=C(Cc1ccccc1Nc1c(Cl)cccc1Cl)N[C@@H](C(=O)O)c1ccccc1. The Hall–Kier alpha value is -3.02. The summed E-state index contributed by atoms with van der Waals surface area (Å²) in [5.41, 5.74) is 2.38. The number of hydrogen-bond acceptors (Lipinski definition) is 3. The van der Waals surface area contributed by atoms with Gasteiger partial charge in [-0.25, -0.2) is 4.79 Å². The van der Waals surface area contributed by atoms with Gasteiger partial charge in [-0.3, -0.25) is 4.79 Å². The summed E-state index contributed by atoms with van der Waals surface area (Å²) >= 11 is 12.4. The Morgan fingerprint density at radius 1 is 0.862 bits per heavy atom. The number of hydrogen-bond donors (Lipinski definition) is 3. The molecule has 3 N–H and O–H groups in total. The number of benzene rings is 3. The number of para-hydroxylation sites is 2. The number of carboxylic acid groups (broad SMARTS) is 1. The second-order valence-corrected chi connectivity index (χ2v) is 7.12. The first-order valence-electron chi connectivity index (χ1n) is 8.82. The van der Waals surface area contributed by atoms with Gasteiger partial charge >= 0.3 is 5.97 Å². The molecule has 3 aromatic carbocycles. The summed E-state index contributed by atoms with van der Waals surface area (Å²) in [7, 11) is 0. The molecule has 148 valence electrons. The van der Waals surface area contributed by atoms with Crippen LogP contribution in [0.2, 0.25) is 10.0 Å². The van der Waals surface area contributed by atoms with Crippen LogP contribution in [0.4, 0.5) is 11.4 Å². The smallest absolute Gasteiger partial charge is 0.330 e. The van der Waals surface area contributed by atoms with E-state index in [1.54, 1.807) is 66.7 Å². The van der Waals surface area contributed by atoms with E-state index < -0.39 is 17.9 Å². The molecule has 0 radical (unpaired) electrons. The van der Waals surface area contributed by atoms with Gasteiger partial charge in [0.05, 0.1) is 22.2 Å². The normalized spacial score (nSPS) is 11.5.